The SMILES string of the molecule is Cc1ncn(CCCCC(C)(C)C(N)=NO)c1C. The number of aryl methyl sites for hydroxylation is 2. The number of nitrogens with zero attached hydrogens (tertiary/aromatic N) is 3. The lowest BCUT2D eigenvalue weighted by molar-refractivity contribution is 0.304. The van der Waals surface area contributed by atoms with Crippen LogP contribution in [0.4, 0.5) is 0 Å². The van der Waals surface area contributed by atoms with Crippen molar-refractivity contribution in [3.63, 3.8) is 0 Å². The van der Waals surface area contributed by atoms with Gasteiger partial charge in [0, 0.05) is 17.7 Å². The fraction of sp³-hybridized carbons (Fsp3) is 0.692. The predicted molar refractivity (Wildman–Crippen MR) is 72.7 cm³/mol. The van der Waals surface area contributed by atoms with Gasteiger partial charge in [-0.25, -0.2) is 4.98 Å². The second-order valence-corrected chi connectivity index (χ2v) is 5.44. The summed E-state index contributed by atoms with van der Waals surface area (Å²) in [5.74, 6) is 0.303. The van der Waals surface area contributed by atoms with E-state index in [0.29, 0.717) is 5.84 Å². The molecular weight excluding hydrogens is 228 g/mol. The van der Waals surface area contributed by atoms with E-state index in [1.807, 2.05) is 27.1 Å². The van der Waals surface area contributed by atoms with E-state index in [1.165, 1.54) is 5.69 Å². The highest BCUT2D eigenvalue weighted by atomic mass is 16.4. The Kier molecular flexibility index (Phi) is 4.76. The predicted octanol–water partition coefficient (Wildman–Crippen LogP) is 2.44. The van der Waals surface area contributed by atoms with Crippen LogP contribution in [0.3, 0.4) is 0 Å². The summed E-state index contributed by atoms with van der Waals surface area (Å²) in [7, 11) is 0. The van der Waals surface area contributed by atoms with Gasteiger partial charge in [0.2, 0.25) is 0 Å². The van der Waals surface area contributed by atoms with E-state index < -0.39 is 0 Å². The number of imidazole rings is 1. The lowest BCUT2D eigenvalue weighted by Crippen LogP contribution is -2.31. The van der Waals surface area contributed by atoms with E-state index in [1.54, 1.807) is 0 Å². The lowest BCUT2D eigenvalue weighted by atomic mass is 9.86. The molecule has 0 aliphatic rings. The van der Waals surface area contributed by atoms with Gasteiger partial charge in [-0.1, -0.05) is 25.4 Å². The van der Waals surface area contributed by atoms with Crippen molar-refractivity contribution in [2.75, 3.05) is 0 Å². The van der Waals surface area contributed by atoms with Crippen LogP contribution in [0.1, 0.15) is 44.5 Å². The van der Waals surface area contributed by atoms with E-state index in [4.69, 9.17) is 10.9 Å². The molecule has 0 atom stereocenters. The Bertz CT molecular complexity index is 421. The molecule has 3 N–H and O–H groups in total. The molecule has 1 rings (SSSR count). The fourth-order valence-corrected chi connectivity index (χ4v) is 1.88. The Morgan fingerprint density at radius 2 is 2.11 bits per heavy atom. The molecule has 0 aliphatic heterocycles. The van der Waals surface area contributed by atoms with Gasteiger partial charge in [-0.05, 0) is 26.7 Å². The van der Waals surface area contributed by atoms with Crippen LogP contribution < -0.4 is 5.73 Å². The lowest BCUT2D eigenvalue weighted by Gasteiger charge is -2.22. The first-order chi connectivity index (χ1) is 8.38. The summed E-state index contributed by atoms with van der Waals surface area (Å²) in [5, 5.41) is 11.8. The largest absolute Gasteiger partial charge is 0.409 e. The minimum atomic E-state index is -0.241. The Hall–Kier alpha value is -1.52. The van der Waals surface area contributed by atoms with Gasteiger partial charge < -0.3 is 15.5 Å². The molecule has 0 radical (unpaired) electrons. The van der Waals surface area contributed by atoms with E-state index >= 15 is 0 Å². The zero-order chi connectivity index (χ0) is 13.8. The minimum Gasteiger partial charge on any atom is -0.409 e. The topological polar surface area (TPSA) is 76.4 Å². The van der Waals surface area contributed by atoms with Crippen LogP contribution in [0, 0.1) is 19.3 Å². The Labute approximate surface area is 109 Å². The van der Waals surface area contributed by atoms with Gasteiger partial charge in [-0.3, -0.25) is 0 Å². The molecule has 0 unspecified atom stereocenters. The second-order valence-electron chi connectivity index (χ2n) is 5.44. The Morgan fingerprint density at radius 1 is 1.44 bits per heavy atom. The third-order valence-corrected chi connectivity index (χ3v) is 3.60. The van der Waals surface area contributed by atoms with Crippen LogP contribution in [0.2, 0.25) is 0 Å². The van der Waals surface area contributed by atoms with E-state index in [2.05, 4.69) is 21.6 Å². The van der Waals surface area contributed by atoms with Gasteiger partial charge >= 0.3 is 0 Å². The van der Waals surface area contributed by atoms with Gasteiger partial charge in [0.1, 0.15) is 5.84 Å². The molecule has 102 valence electrons. The maximum absolute atomic E-state index is 8.69. The number of hydrogen-bond donors (Lipinski definition) is 2. The number of nitrogens with two attached hydrogens (primary N) is 1. The van der Waals surface area contributed by atoms with Gasteiger partial charge in [0.25, 0.3) is 0 Å². The summed E-state index contributed by atoms with van der Waals surface area (Å²) in [6.07, 6.45) is 4.91. The molecule has 0 fully saturated rings. The van der Waals surface area contributed by atoms with Crippen molar-refractivity contribution >= 4 is 5.84 Å². The summed E-state index contributed by atoms with van der Waals surface area (Å²) >= 11 is 0. The highest BCUT2D eigenvalue weighted by Gasteiger charge is 2.22. The van der Waals surface area contributed by atoms with E-state index in [-0.39, 0.29) is 5.41 Å². The maximum Gasteiger partial charge on any atom is 0.144 e. The summed E-state index contributed by atoms with van der Waals surface area (Å²) in [4.78, 5) is 4.28. The van der Waals surface area contributed by atoms with Crippen LogP contribution in [0.5, 0.6) is 0 Å². The number of hydrogen-bond acceptors (Lipinski definition) is 3. The molecule has 18 heavy (non-hydrogen) atoms. The molecule has 5 heteroatoms. The molecule has 0 spiro atoms. The number of amidine groups is 1. The van der Waals surface area contributed by atoms with E-state index in [0.717, 1.165) is 31.5 Å². The van der Waals surface area contributed by atoms with Crippen LogP contribution in [-0.2, 0) is 6.54 Å². The molecule has 0 aliphatic carbocycles. The van der Waals surface area contributed by atoms with Crippen LogP contribution >= 0.6 is 0 Å². The molecule has 0 saturated heterocycles. The summed E-state index contributed by atoms with van der Waals surface area (Å²) in [6, 6.07) is 0. The van der Waals surface area contributed by atoms with Gasteiger partial charge in [-0.2, -0.15) is 0 Å². The first-order valence-corrected chi connectivity index (χ1v) is 6.35. The standard InChI is InChI=1S/C13H24N4O/c1-10-11(2)17(9-15-10)8-6-5-7-13(3,4)12(14)16-18/h9,18H,5-8H2,1-4H3,(H2,14,16). The molecular formula is C13H24N4O. The van der Waals surface area contributed by atoms with Gasteiger partial charge in [-0.15, -0.1) is 0 Å². The highest BCUT2D eigenvalue weighted by molar-refractivity contribution is 5.85. The number of rotatable bonds is 6. The smallest absolute Gasteiger partial charge is 0.144 e. The summed E-state index contributed by atoms with van der Waals surface area (Å²) < 4.78 is 2.17. The average molecular weight is 252 g/mol. The third-order valence-electron chi connectivity index (χ3n) is 3.60. The van der Waals surface area contributed by atoms with Gasteiger partial charge in [0.15, 0.2) is 0 Å². The van der Waals surface area contributed by atoms with Crippen LogP contribution in [0.15, 0.2) is 11.5 Å². The molecule has 1 heterocycles. The van der Waals surface area contributed by atoms with Crippen molar-refractivity contribution < 1.29 is 5.21 Å². The first-order valence-electron chi connectivity index (χ1n) is 6.35. The number of unbranched alkanes of at least 4 members (excludes halogenated alkanes) is 1. The minimum absolute atomic E-state index is 0.241. The molecule has 0 bridgehead atoms. The molecule has 0 saturated carbocycles. The normalized spacial score (nSPS) is 13.0. The summed E-state index contributed by atoms with van der Waals surface area (Å²) in [6.45, 7) is 9.07. The summed E-state index contributed by atoms with van der Waals surface area (Å²) in [5.41, 5.74) is 7.73. The second kappa shape index (κ2) is 5.89. The quantitative estimate of drug-likeness (QED) is 0.268. The molecule has 1 aromatic rings. The van der Waals surface area contributed by atoms with Crippen molar-refractivity contribution in [1.82, 2.24) is 9.55 Å². The number of aromatic nitrogens is 2. The van der Waals surface area contributed by atoms with Crippen molar-refractivity contribution in [2.24, 2.45) is 16.3 Å². The Morgan fingerprint density at radius 3 is 2.61 bits per heavy atom. The van der Waals surface area contributed by atoms with Crippen molar-refractivity contribution in [2.45, 2.75) is 53.5 Å². The molecule has 0 amide bonds. The first kappa shape index (κ1) is 14.5. The molecule has 0 aromatic carbocycles. The molecule has 5 nitrogen and oxygen atoms in total. The van der Waals surface area contributed by atoms with E-state index in [9.17, 15) is 0 Å². The zero-order valence-corrected chi connectivity index (χ0v) is 11.8. The fourth-order valence-electron chi connectivity index (χ4n) is 1.88. The van der Waals surface area contributed by atoms with Crippen molar-refractivity contribution in [1.29, 1.82) is 0 Å². The average Bonchev–Trinajstić information content (AvgIpc) is 2.65. The zero-order valence-electron chi connectivity index (χ0n) is 11.8. The molecule has 1 aromatic heterocycles. The van der Waals surface area contributed by atoms with Crippen molar-refractivity contribution in [3.05, 3.63) is 17.7 Å². The van der Waals surface area contributed by atoms with Crippen molar-refractivity contribution in [3.8, 4) is 0 Å². The highest BCUT2D eigenvalue weighted by Crippen LogP contribution is 2.23. The maximum atomic E-state index is 8.69. The third kappa shape index (κ3) is 3.48. The van der Waals surface area contributed by atoms with Crippen LogP contribution in [-0.4, -0.2) is 20.6 Å². The van der Waals surface area contributed by atoms with Gasteiger partial charge in [0.05, 0.1) is 12.0 Å². The van der Waals surface area contributed by atoms with Crippen LogP contribution in [0.25, 0.3) is 0 Å². The monoisotopic (exact) mass is 252 g/mol. The number of oxime groups is 1. The Balaban J connectivity index is 2.38.